The summed E-state index contributed by atoms with van der Waals surface area (Å²) in [6.45, 7) is 3.97. The first-order valence-electron chi connectivity index (χ1n) is 7.02. The third kappa shape index (κ3) is 3.34. The van der Waals surface area contributed by atoms with E-state index in [1.165, 1.54) is 5.56 Å². The smallest absolute Gasteiger partial charge is 0.129 e. The minimum Gasteiger partial charge on any atom is -0.485 e. The Kier molecular flexibility index (Phi) is 4.39. The fourth-order valence-electron chi connectivity index (χ4n) is 2.49. The number of rotatable bonds is 4. The lowest BCUT2D eigenvalue weighted by Crippen LogP contribution is -2.46. The zero-order chi connectivity index (χ0) is 14.8. The molecule has 1 saturated heterocycles. The van der Waals surface area contributed by atoms with Crippen molar-refractivity contribution in [2.45, 2.75) is 13.0 Å². The normalized spacial score (nSPS) is 16.3. The van der Waals surface area contributed by atoms with Crippen LogP contribution in [0, 0.1) is 12.8 Å². The Balaban J connectivity index is 1.88. The van der Waals surface area contributed by atoms with Crippen molar-refractivity contribution in [2.75, 3.05) is 13.1 Å². The lowest BCUT2D eigenvalue weighted by Gasteiger charge is -2.35. The minimum atomic E-state index is -0.0113. The molecule has 1 fully saturated rings. The second-order valence-corrected chi connectivity index (χ2v) is 6.26. The van der Waals surface area contributed by atoms with Crippen LogP contribution in [0.4, 0.5) is 0 Å². The van der Waals surface area contributed by atoms with Gasteiger partial charge in [0.25, 0.3) is 0 Å². The van der Waals surface area contributed by atoms with E-state index in [0.717, 1.165) is 24.4 Å². The summed E-state index contributed by atoms with van der Waals surface area (Å²) in [6, 6.07) is 13.8. The topological polar surface area (TPSA) is 21.3 Å². The molecule has 1 atom stereocenters. The Morgan fingerprint density at radius 2 is 1.90 bits per heavy atom. The average Bonchev–Trinajstić information content (AvgIpc) is 2.39. The summed E-state index contributed by atoms with van der Waals surface area (Å²) in [6.07, 6.45) is -0.0113. The van der Waals surface area contributed by atoms with Gasteiger partial charge in [-0.15, -0.1) is 0 Å². The molecule has 0 saturated carbocycles. The molecule has 1 N–H and O–H groups in total. The molecule has 0 aromatic heterocycles. The van der Waals surface area contributed by atoms with Crippen molar-refractivity contribution in [3.8, 4) is 5.75 Å². The van der Waals surface area contributed by atoms with Gasteiger partial charge < -0.3 is 10.1 Å². The van der Waals surface area contributed by atoms with Crippen molar-refractivity contribution in [1.82, 2.24) is 5.32 Å². The molecule has 110 valence electrons. The molecular formula is C17H17Cl2NO. The lowest BCUT2D eigenvalue weighted by molar-refractivity contribution is 0.0993. The van der Waals surface area contributed by atoms with Crippen LogP contribution in [0.15, 0.2) is 42.5 Å². The van der Waals surface area contributed by atoms with Crippen LogP contribution in [-0.2, 0) is 0 Å². The first kappa shape index (κ1) is 14.7. The fraction of sp³-hybridized carbons (Fsp3) is 0.294. The van der Waals surface area contributed by atoms with Gasteiger partial charge >= 0.3 is 0 Å². The van der Waals surface area contributed by atoms with Crippen LogP contribution in [0.1, 0.15) is 17.2 Å². The van der Waals surface area contributed by atoms with Crippen molar-refractivity contribution in [1.29, 1.82) is 0 Å². The molecule has 4 heteroatoms. The van der Waals surface area contributed by atoms with Crippen molar-refractivity contribution in [2.24, 2.45) is 5.92 Å². The van der Waals surface area contributed by atoms with Gasteiger partial charge in [-0.1, -0.05) is 41.4 Å². The molecule has 2 aromatic rings. The fourth-order valence-corrected chi connectivity index (χ4v) is 2.79. The Bertz CT molecular complexity index is 640. The molecule has 1 aliphatic heterocycles. The van der Waals surface area contributed by atoms with Gasteiger partial charge in [0.1, 0.15) is 11.9 Å². The summed E-state index contributed by atoms with van der Waals surface area (Å²) in [5.74, 6) is 1.33. The van der Waals surface area contributed by atoms with Crippen molar-refractivity contribution >= 4 is 23.2 Å². The van der Waals surface area contributed by atoms with Crippen LogP contribution in [-0.4, -0.2) is 13.1 Å². The molecule has 1 heterocycles. The molecule has 0 unspecified atom stereocenters. The van der Waals surface area contributed by atoms with Gasteiger partial charge in [0.2, 0.25) is 0 Å². The monoisotopic (exact) mass is 321 g/mol. The largest absolute Gasteiger partial charge is 0.485 e. The molecule has 1 aliphatic rings. The molecule has 3 rings (SSSR count). The van der Waals surface area contributed by atoms with E-state index in [1.807, 2.05) is 30.3 Å². The number of hydrogen-bond acceptors (Lipinski definition) is 2. The third-order valence-corrected chi connectivity index (χ3v) is 4.51. The SMILES string of the molecule is Cc1cccc(O[C@@H](c2ccc(Cl)c(Cl)c2)C2CNC2)c1. The first-order valence-corrected chi connectivity index (χ1v) is 7.78. The second kappa shape index (κ2) is 6.27. The van der Waals surface area contributed by atoms with Gasteiger partial charge in [0.05, 0.1) is 10.0 Å². The van der Waals surface area contributed by atoms with Crippen molar-refractivity contribution < 1.29 is 4.74 Å². The maximum atomic E-state index is 6.24. The highest BCUT2D eigenvalue weighted by molar-refractivity contribution is 6.42. The van der Waals surface area contributed by atoms with E-state index in [-0.39, 0.29) is 6.10 Å². The van der Waals surface area contributed by atoms with Gasteiger partial charge in [0, 0.05) is 19.0 Å². The third-order valence-electron chi connectivity index (χ3n) is 3.77. The number of nitrogens with one attached hydrogen (secondary N) is 1. The van der Waals surface area contributed by atoms with Crippen LogP contribution in [0.3, 0.4) is 0 Å². The van der Waals surface area contributed by atoms with E-state index in [1.54, 1.807) is 0 Å². The summed E-state index contributed by atoms with van der Waals surface area (Å²) in [4.78, 5) is 0. The van der Waals surface area contributed by atoms with Crippen molar-refractivity contribution in [3.63, 3.8) is 0 Å². The molecule has 0 aliphatic carbocycles. The van der Waals surface area contributed by atoms with Gasteiger partial charge in [-0.2, -0.15) is 0 Å². The maximum absolute atomic E-state index is 6.24. The lowest BCUT2D eigenvalue weighted by atomic mass is 9.91. The number of hydrogen-bond donors (Lipinski definition) is 1. The molecule has 0 bridgehead atoms. The highest BCUT2D eigenvalue weighted by Gasteiger charge is 2.30. The number of aryl methyl sites for hydroxylation is 1. The summed E-state index contributed by atoms with van der Waals surface area (Å²) < 4.78 is 6.24. The summed E-state index contributed by atoms with van der Waals surface area (Å²) in [5.41, 5.74) is 2.25. The zero-order valence-corrected chi connectivity index (χ0v) is 13.3. The zero-order valence-electron chi connectivity index (χ0n) is 11.8. The van der Waals surface area contributed by atoms with Gasteiger partial charge in [-0.05, 0) is 42.3 Å². The Hall–Kier alpha value is -1.22. The molecule has 0 spiro atoms. The number of halogens is 2. The second-order valence-electron chi connectivity index (χ2n) is 5.45. The predicted octanol–water partition coefficient (Wildman–Crippen LogP) is 4.64. The highest BCUT2D eigenvalue weighted by atomic mass is 35.5. The maximum Gasteiger partial charge on any atom is 0.129 e. The average molecular weight is 322 g/mol. The van der Waals surface area contributed by atoms with Gasteiger partial charge in [0.15, 0.2) is 0 Å². The van der Waals surface area contributed by atoms with E-state index >= 15 is 0 Å². The van der Waals surface area contributed by atoms with E-state index in [9.17, 15) is 0 Å². The summed E-state index contributed by atoms with van der Waals surface area (Å²) in [7, 11) is 0. The van der Waals surface area contributed by atoms with Crippen LogP contribution in [0.5, 0.6) is 5.75 Å². The summed E-state index contributed by atoms with van der Waals surface area (Å²) in [5, 5.41) is 4.44. The molecule has 2 aromatic carbocycles. The van der Waals surface area contributed by atoms with Crippen LogP contribution in [0.2, 0.25) is 10.0 Å². The molecular weight excluding hydrogens is 305 g/mol. The van der Waals surface area contributed by atoms with E-state index < -0.39 is 0 Å². The standard InChI is InChI=1S/C17H17Cl2NO/c1-11-3-2-4-14(7-11)21-17(13-9-20-10-13)12-5-6-15(18)16(19)8-12/h2-8,13,17,20H,9-10H2,1H3/t17-/m0/s1. The number of benzene rings is 2. The predicted molar refractivity (Wildman–Crippen MR) is 87.4 cm³/mol. The summed E-state index contributed by atoms with van der Waals surface area (Å²) >= 11 is 12.2. The quantitative estimate of drug-likeness (QED) is 0.885. The van der Waals surface area contributed by atoms with E-state index in [4.69, 9.17) is 27.9 Å². The van der Waals surface area contributed by atoms with Crippen LogP contribution < -0.4 is 10.1 Å². The van der Waals surface area contributed by atoms with Crippen molar-refractivity contribution in [3.05, 3.63) is 63.6 Å². The molecule has 0 amide bonds. The first-order chi connectivity index (χ1) is 10.1. The van der Waals surface area contributed by atoms with Gasteiger partial charge in [-0.3, -0.25) is 0 Å². The Morgan fingerprint density at radius 1 is 1.10 bits per heavy atom. The highest BCUT2D eigenvalue weighted by Crippen LogP contribution is 2.34. The Labute approximate surface area is 135 Å². The van der Waals surface area contributed by atoms with Crippen LogP contribution >= 0.6 is 23.2 Å². The van der Waals surface area contributed by atoms with E-state index in [2.05, 4.69) is 24.4 Å². The molecule has 0 radical (unpaired) electrons. The van der Waals surface area contributed by atoms with E-state index in [0.29, 0.717) is 16.0 Å². The minimum absolute atomic E-state index is 0.0113. The van der Waals surface area contributed by atoms with Gasteiger partial charge in [-0.25, -0.2) is 0 Å². The van der Waals surface area contributed by atoms with Crippen LogP contribution in [0.25, 0.3) is 0 Å². The number of ether oxygens (including phenoxy) is 1. The Morgan fingerprint density at radius 3 is 2.52 bits per heavy atom. The molecule has 21 heavy (non-hydrogen) atoms. The molecule has 2 nitrogen and oxygen atoms in total.